The Kier molecular flexibility index (Phi) is 4.05. The van der Waals surface area contributed by atoms with Crippen LogP contribution in [0.5, 0.6) is 0 Å². The summed E-state index contributed by atoms with van der Waals surface area (Å²) in [4.78, 5) is 2.07. The molecule has 0 aromatic heterocycles. The number of aliphatic hydroxyl groups is 3. The van der Waals surface area contributed by atoms with Crippen LogP contribution in [0.3, 0.4) is 0 Å². The molecule has 2 heterocycles. The second-order valence-corrected chi connectivity index (χ2v) is 5.80. The lowest BCUT2D eigenvalue weighted by Gasteiger charge is -2.43. The first kappa shape index (κ1) is 14.0. The van der Waals surface area contributed by atoms with Crippen molar-refractivity contribution in [3.63, 3.8) is 0 Å². The third-order valence-corrected chi connectivity index (χ3v) is 4.48. The molecule has 2 aliphatic rings. The predicted octanol–water partition coefficient (Wildman–Crippen LogP) is -0.685. The van der Waals surface area contributed by atoms with Gasteiger partial charge in [0.25, 0.3) is 0 Å². The van der Waals surface area contributed by atoms with Gasteiger partial charge in [-0.3, -0.25) is 4.90 Å². The lowest BCUT2D eigenvalue weighted by Crippen LogP contribution is -2.64. The smallest absolute Gasteiger partial charge is 0.0994 e. The van der Waals surface area contributed by atoms with Gasteiger partial charge in [0.2, 0.25) is 0 Å². The van der Waals surface area contributed by atoms with E-state index in [2.05, 4.69) is 10.2 Å². The zero-order valence-electron chi connectivity index (χ0n) is 11.4. The zero-order chi connectivity index (χ0) is 14.1. The summed E-state index contributed by atoms with van der Waals surface area (Å²) in [5.74, 6) is 0. The molecule has 5 atom stereocenters. The van der Waals surface area contributed by atoms with Gasteiger partial charge in [-0.05, 0) is 12.0 Å². The topological polar surface area (TPSA) is 76.0 Å². The Bertz CT molecular complexity index is 442. The Morgan fingerprint density at radius 2 is 1.85 bits per heavy atom. The number of rotatable bonds is 3. The summed E-state index contributed by atoms with van der Waals surface area (Å²) in [6, 6.07) is 9.50. The number of benzene rings is 1. The number of fused-ring (bicyclic) bond motifs is 1. The molecule has 0 unspecified atom stereocenters. The Balaban J connectivity index is 1.63. The molecule has 0 aliphatic carbocycles. The number of hydrogen-bond acceptors (Lipinski definition) is 5. The minimum Gasteiger partial charge on any atom is -0.391 e. The Hall–Kier alpha value is -0.980. The molecule has 4 N–H and O–H groups in total. The number of nitrogens with zero attached hydrogens (tertiary/aromatic N) is 1. The minimum absolute atomic E-state index is 0.174. The molecule has 2 fully saturated rings. The molecule has 0 amide bonds. The standard InChI is InChI=1S/C15H22N2O3/c18-12-6-7-17-9-11(14(19)15(20)13(12)17)16-8-10-4-2-1-3-5-10/h1-5,11-16,18-20H,6-9H2/t11-,12-,13+,14+,15+/m0/s1. The van der Waals surface area contributed by atoms with E-state index < -0.39 is 18.3 Å². The molecule has 1 aromatic carbocycles. The average Bonchev–Trinajstić information content (AvgIpc) is 2.84. The van der Waals surface area contributed by atoms with Gasteiger partial charge in [-0.15, -0.1) is 0 Å². The highest BCUT2D eigenvalue weighted by Crippen LogP contribution is 2.28. The molecule has 0 spiro atoms. The molecular weight excluding hydrogens is 256 g/mol. The fourth-order valence-electron chi connectivity index (χ4n) is 3.35. The van der Waals surface area contributed by atoms with Gasteiger partial charge in [-0.2, -0.15) is 0 Å². The molecule has 3 rings (SSSR count). The average molecular weight is 278 g/mol. The lowest BCUT2D eigenvalue weighted by atomic mass is 9.91. The molecular formula is C15H22N2O3. The van der Waals surface area contributed by atoms with Crippen LogP contribution in [-0.4, -0.2) is 63.7 Å². The van der Waals surface area contributed by atoms with E-state index in [4.69, 9.17) is 0 Å². The zero-order valence-corrected chi connectivity index (χ0v) is 11.4. The summed E-state index contributed by atoms with van der Waals surface area (Å²) in [5, 5.41) is 33.6. The van der Waals surface area contributed by atoms with Gasteiger partial charge in [0.15, 0.2) is 0 Å². The maximum absolute atomic E-state index is 10.2. The highest BCUT2D eigenvalue weighted by atomic mass is 16.3. The van der Waals surface area contributed by atoms with Gasteiger partial charge < -0.3 is 20.6 Å². The van der Waals surface area contributed by atoms with Gasteiger partial charge in [-0.25, -0.2) is 0 Å². The molecule has 5 heteroatoms. The summed E-state index contributed by atoms with van der Waals surface area (Å²) < 4.78 is 0. The van der Waals surface area contributed by atoms with E-state index in [1.54, 1.807) is 0 Å². The molecule has 2 aliphatic heterocycles. The van der Waals surface area contributed by atoms with Crippen LogP contribution in [0.4, 0.5) is 0 Å². The molecule has 0 radical (unpaired) electrons. The van der Waals surface area contributed by atoms with E-state index in [-0.39, 0.29) is 12.1 Å². The highest BCUT2D eigenvalue weighted by molar-refractivity contribution is 5.15. The third-order valence-electron chi connectivity index (χ3n) is 4.48. The summed E-state index contributed by atoms with van der Waals surface area (Å²) in [6.07, 6.45) is -1.60. The first-order valence-corrected chi connectivity index (χ1v) is 7.22. The van der Waals surface area contributed by atoms with E-state index in [0.29, 0.717) is 19.5 Å². The second-order valence-electron chi connectivity index (χ2n) is 5.80. The molecule has 2 saturated heterocycles. The van der Waals surface area contributed by atoms with Crippen molar-refractivity contribution in [3.8, 4) is 0 Å². The summed E-state index contributed by atoms with van der Waals surface area (Å²) in [5.41, 5.74) is 1.15. The SMILES string of the molecule is O[C@H]1[C@H](O)[C@@H](NCc2ccccc2)CN2CC[C@H](O)[C@H]12. The maximum Gasteiger partial charge on any atom is 0.0994 e. The summed E-state index contributed by atoms with van der Waals surface area (Å²) in [6.45, 7) is 2.10. The van der Waals surface area contributed by atoms with Crippen LogP contribution in [0, 0.1) is 0 Å². The normalized spacial score (nSPS) is 37.9. The number of aliphatic hydroxyl groups excluding tert-OH is 3. The van der Waals surface area contributed by atoms with Crippen LogP contribution in [0.2, 0.25) is 0 Å². The number of piperidine rings is 1. The van der Waals surface area contributed by atoms with Crippen molar-refractivity contribution in [3.05, 3.63) is 35.9 Å². The molecule has 0 saturated carbocycles. The lowest BCUT2D eigenvalue weighted by molar-refractivity contribution is -0.102. The largest absolute Gasteiger partial charge is 0.391 e. The summed E-state index contributed by atoms with van der Waals surface area (Å²) in [7, 11) is 0. The van der Waals surface area contributed by atoms with Crippen LogP contribution in [0.1, 0.15) is 12.0 Å². The maximum atomic E-state index is 10.2. The molecule has 1 aromatic rings. The number of nitrogens with one attached hydrogen (secondary N) is 1. The summed E-state index contributed by atoms with van der Waals surface area (Å²) >= 11 is 0. The van der Waals surface area contributed by atoms with E-state index in [0.717, 1.165) is 12.1 Å². The highest BCUT2D eigenvalue weighted by Gasteiger charge is 2.47. The van der Waals surface area contributed by atoms with Crippen LogP contribution in [0.25, 0.3) is 0 Å². The van der Waals surface area contributed by atoms with Gasteiger partial charge >= 0.3 is 0 Å². The van der Waals surface area contributed by atoms with Gasteiger partial charge in [0.1, 0.15) is 0 Å². The van der Waals surface area contributed by atoms with E-state index >= 15 is 0 Å². The van der Waals surface area contributed by atoms with Crippen molar-refractivity contribution in [2.75, 3.05) is 13.1 Å². The van der Waals surface area contributed by atoms with Crippen molar-refractivity contribution in [1.82, 2.24) is 10.2 Å². The molecule has 20 heavy (non-hydrogen) atoms. The Morgan fingerprint density at radius 3 is 2.60 bits per heavy atom. The fraction of sp³-hybridized carbons (Fsp3) is 0.600. The van der Waals surface area contributed by atoms with Crippen LogP contribution in [-0.2, 0) is 6.54 Å². The number of hydrogen-bond donors (Lipinski definition) is 4. The van der Waals surface area contributed by atoms with Gasteiger partial charge in [0.05, 0.1) is 24.4 Å². The van der Waals surface area contributed by atoms with Gasteiger partial charge in [0, 0.05) is 25.7 Å². The van der Waals surface area contributed by atoms with Crippen molar-refractivity contribution < 1.29 is 15.3 Å². The molecule has 110 valence electrons. The van der Waals surface area contributed by atoms with Crippen molar-refractivity contribution >= 4 is 0 Å². The van der Waals surface area contributed by atoms with E-state index in [1.807, 2.05) is 30.3 Å². The van der Waals surface area contributed by atoms with Crippen molar-refractivity contribution in [2.24, 2.45) is 0 Å². The molecule has 0 bridgehead atoms. The first-order chi connectivity index (χ1) is 9.66. The van der Waals surface area contributed by atoms with Crippen LogP contribution < -0.4 is 5.32 Å². The monoisotopic (exact) mass is 278 g/mol. The second kappa shape index (κ2) is 5.79. The van der Waals surface area contributed by atoms with Crippen molar-refractivity contribution in [2.45, 2.75) is 43.4 Å². The Morgan fingerprint density at radius 1 is 1.10 bits per heavy atom. The first-order valence-electron chi connectivity index (χ1n) is 7.22. The minimum atomic E-state index is -0.894. The molecule has 5 nitrogen and oxygen atoms in total. The predicted molar refractivity (Wildman–Crippen MR) is 75.1 cm³/mol. The fourth-order valence-corrected chi connectivity index (χ4v) is 3.35. The van der Waals surface area contributed by atoms with E-state index in [1.165, 1.54) is 0 Å². The Labute approximate surface area is 118 Å². The van der Waals surface area contributed by atoms with Gasteiger partial charge in [-0.1, -0.05) is 30.3 Å². The third kappa shape index (κ3) is 2.60. The van der Waals surface area contributed by atoms with Crippen LogP contribution in [0.15, 0.2) is 30.3 Å². The quantitative estimate of drug-likeness (QED) is 0.589. The van der Waals surface area contributed by atoms with Crippen LogP contribution >= 0.6 is 0 Å². The van der Waals surface area contributed by atoms with E-state index in [9.17, 15) is 15.3 Å². The van der Waals surface area contributed by atoms with Crippen molar-refractivity contribution in [1.29, 1.82) is 0 Å².